The smallest absolute Gasteiger partial charge is 0.218 e. The van der Waals surface area contributed by atoms with Crippen molar-refractivity contribution >= 4 is 5.82 Å². The maximum absolute atomic E-state index is 5.11. The minimum atomic E-state index is 0.589. The summed E-state index contributed by atoms with van der Waals surface area (Å²) in [4.78, 5) is 10.8. The molecule has 1 rings (SSSR count). The van der Waals surface area contributed by atoms with Crippen molar-refractivity contribution in [3.8, 4) is 5.88 Å². The molecule has 5 nitrogen and oxygen atoms in total. The third-order valence-corrected chi connectivity index (χ3v) is 2.90. The average Bonchev–Trinajstić information content (AvgIpc) is 2.33. The SMILES string of the molecule is COc1cc(NCCCN(C)C(C)C)nc(C)n1. The largest absolute Gasteiger partial charge is 0.481 e. The molecule has 0 amide bonds. The summed E-state index contributed by atoms with van der Waals surface area (Å²) in [6.07, 6.45) is 1.08. The van der Waals surface area contributed by atoms with E-state index in [-0.39, 0.29) is 0 Å². The summed E-state index contributed by atoms with van der Waals surface area (Å²) >= 11 is 0. The van der Waals surface area contributed by atoms with E-state index in [2.05, 4.69) is 41.1 Å². The lowest BCUT2D eigenvalue weighted by Gasteiger charge is -2.20. The molecular weight excluding hydrogens is 228 g/mol. The van der Waals surface area contributed by atoms with Crippen LogP contribution in [0.5, 0.6) is 5.88 Å². The van der Waals surface area contributed by atoms with Gasteiger partial charge >= 0.3 is 0 Å². The van der Waals surface area contributed by atoms with Crippen molar-refractivity contribution in [3.63, 3.8) is 0 Å². The van der Waals surface area contributed by atoms with Gasteiger partial charge in [0.1, 0.15) is 11.6 Å². The van der Waals surface area contributed by atoms with E-state index in [0.29, 0.717) is 11.9 Å². The van der Waals surface area contributed by atoms with Gasteiger partial charge in [-0.3, -0.25) is 0 Å². The van der Waals surface area contributed by atoms with Crippen LogP contribution in [0.4, 0.5) is 5.82 Å². The van der Waals surface area contributed by atoms with Crippen LogP contribution in [0.15, 0.2) is 6.07 Å². The molecule has 0 radical (unpaired) electrons. The van der Waals surface area contributed by atoms with Crippen molar-refractivity contribution < 1.29 is 4.74 Å². The third kappa shape index (κ3) is 4.87. The number of nitrogens with one attached hydrogen (secondary N) is 1. The van der Waals surface area contributed by atoms with Gasteiger partial charge in [-0.05, 0) is 40.8 Å². The molecule has 0 aliphatic heterocycles. The first kappa shape index (κ1) is 14.7. The first-order valence-electron chi connectivity index (χ1n) is 6.36. The number of rotatable bonds is 7. The van der Waals surface area contributed by atoms with E-state index < -0.39 is 0 Å². The Morgan fingerprint density at radius 3 is 2.72 bits per heavy atom. The molecule has 0 fully saturated rings. The van der Waals surface area contributed by atoms with E-state index in [1.807, 2.05) is 13.0 Å². The van der Waals surface area contributed by atoms with Gasteiger partial charge in [0.05, 0.1) is 7.11 Å². The number of aromatic nitrogens is 2. The van der Waals surface area contributed by atoms with Crippen molar-refractivity contribution in [2.45, 2.75) is 33.2 Å². The van der Waals surface area contributed by atoms with Crippen LogP contribution in [0.25, 0.3) is 0 Å². The van der Waals surface area contributed by atoms with Crippen molar-refractivity contribution in [1.82, 2.24) is 14.9 Å². The van der Waals surface area contributed by atoms with Crippen LogP contribution in [0.1, 0.15) is 26.1 Å². The Balaban J connectivity index is 2.37. The quantitative estimate of drug-likeness (QED) is 0.752. The molecule has 0 spiro atoms. The zero-order valence-corrected chi connectivity index (χ0v) is 12.0. The molecular formula is C13H24N4O. The van der Waals surface area contributed by atoms with Crippen LogP contribution >= 0.6 is 0 Å². The zero-order valence-electron chi connectivity index (χ0n) is 12.0. The van der Waals surface area contributed by atoms with Crippen LogP contribution < -0.4 is 10.1 Å². The lowest BCUT2D eigenvalue weighted by Crippen LogP contribution is -2.28. The molecule has 0 bridgehead atoms. The Labute approximate surface area is 110 Å². The normalized spacial score (nSPS) is 11.1. The molecule has 102 valence electrons. The average molecular weight is 252 g/mol. The molecule has 5 heteroatoms. The van der Waals surface area contributed by atoms with E-state index in [4.69, 9.17) is 4.74 Å². The summed E-state index contributed by atoms with van der Waals surface area (Å²) in [5.41, 5.74) is 0. The van der Waals surface area contributed by atoms with Crippen molar-refractivity contribution in [1.29, 1.82) is 0 Å². The first-order chi connectivity index (χ1) is 8.52. The topological polar surface area (TPSA) is 50.3 Å². The molecule has 0 saturated carbocycles. The van der Waals surface area contributed by atoms with Gasteiger partial charge < -0.3 is 15.0 Å². The molecule has 0 aromatic carbocycles. The summed E-state index contributed by atoms with van der Waals surface area (Å²) in [6.45, 7) is 8.24. The molecule has 1 aromatic heterocycles. The number of aryl methyl sites for hydroxylation is 1. The molecule has 18 heavy (non-hydrogen) atoms. The van der Waals surface area contributed by atoms with Crippen LogP contribution in [-0.2, 0) is 0 Å². The molecule has 0 saturated heterocycles. The van der Waals surface area contributed by atoms with Crippen LogP contribution in [0.3, 0.4) is 0 Å². The Morgan fingerprint density at radius 1 is 1.39 bits per heavy atom. The van der Waals surface area contributed by atoms with Crippen LogP contribution in [0, 0.1) is 6.92 Å². The van der Waals surface area contributed by atoms with Crippen LogP contribution in [0.2, 0.25) is 0 Å². The van der Waals surface area contributed by atoms with Crippen molar-refractivity contribution in [2.75, 3.05) is 32.6 Å². The van der Waals surface area contributed by atoms with Gasteiger partial charge in [-0.2, -0.15) is 4.98 Å². The number of anilines is 1. The number of nitrogens with zero attached hydrogens (tertiary/aromatic N) is 3. The summed E-state index contributed by atoms with van der Waals surface area (Å²) in [7, 11) is 3.76. The number of methoxy groups -OCH3 is 1. The summed E-state index contributed by atoms with van der Waals surface area (Å²) < 4.78 is 5.11. The molecule has 0 aliphatic rings. The van der Waals surface area contributed by atoms with Gasteiger partial charge in [0.2, 0.25) is 5.88 Å². The van der Waals surface area contributed by atoms with E-state index in [0.717, 1.165) is 31.2 Å². The predicted molar refractivity (Wildman–Crippen MR) is 74.2 cm³/mol. The second-order valence-electron chi connectivity index (χ2n) is 4.70. The molecule has 0 atom stereocenters. The van der Waals surface area contributed by atoms with Gasteiger partial charge in [-0.25, -0.2) is 4.98 Å². The van der Waals surface area contributed by atoms with Gasteiger partial charge in [0.15, 0.2) is 0 Å². The molecule has 0 aliphatic carbocycles. The van der Waals surface area contributed by atoms with Gasteiger partial charge in [-0.1, -0.05) is 0 Å². The van der Waals surface area contributed by atoms with Crippen LogP contribution in [-0.4, -0.2) is 48.2 Å². The Hall–Kier alpha value is -1.36. The maximum atomic E-state index is 5.11. The first-order valence-corrected chi connectivity index (χ1v) is 6.36. The minimum absolute atomic E-state index is 0.589. The number of ether oxygens (including phenoxy) is 1. The minimum Gasteiger partial charge on any atom is -0.481 e. The van der Waals surface area contributed by atoms with Gasteiger partial charge in [0.25, 0.3) is 0 Å². The predicted octanol–water partition coefficient (Wildman–Crippen LogP) is 1.94. The fraction of sp³-hybridized carbons (Fsp3) is 0.692. The van der Waals surface area contributed by atoms with E-state index >= 15 is 0 Å². The summed E-state index contributed by atoms with van der Waals surface area (Å²) in [6, 6.07) is 2.41. The lowest BCUT2D eigenvalue weighted by atomic mass is 10.3. The third-order valence-electron chi connectivity index (χ3n) is 2.90. The highest BCUT2D eigenvalue weighted by molar-refractivity contribution is 5.38. The highest BCUT2D eigenvalue weighted by Gasteiger charge is 2.03. The molecule has 1 heterocycles. The zero-order chi connectivity index (χ0) is 13.5. The van der Waals surface area contributed by atoms with Crippen molar-refractivity contribution in [2.24, 2.45) is 0 Å². The number of hydrogen-bond donors (Lipinski definition) is 1. The van der Waals surface area contributed by atoms with E-state index in [1.54, 1.807) is 7.11 Å². The fourth-order valence-electron chi connectivity index (χ4n) is 1.54. The summed E-state index contributed by atoms with van der Waals surface area (Å²) in [5, 5.41) is 3.30. The highest BCUT2D eigenvalue weighted by Crippen LogP contribution is 2.12. The molecule has 1 N–H and O–H groups in total. The van der Waals surface area contributed by atoms with Crippen molar-refractivity contribution in [3.05, 3.63) is 11.9 Å². The maximum Gasteiger partial charge on any atom is 0.218 e. The Morgan fingerprint density at radius 2 is 2.11 bits per heavy atom. The molecule has 1 aromatic rings. The monoisotopic (exact) mass is 252 g/mol. The van der Waals surface area contributed by atoms with Gasteiger partial charge in [0, 0.05) is 18.7 Å². The van der Waals surface area contributed by atoms with Gasteiger partial charge in [-0.15, -0.1) is 0 Å². The fourth-order valence-corrected chi connectivity index (χ4v) is 1.54. The standard InChI is InChI=1S/C13H24N4O/c1-10(2)17(4)8-6-7-14-12-9-13(18-5)16-11(3)15-12/h9-10H,6-8H2,1-5H3,(H,14,15,16). The number of hydrogen-bond acceptors (Lipinski definition) is 5. The second-order valence-corrected chi connectivity index (χ2v) is 4.70. The van der Waals surface area contributed by atoms with E-state index in [1.165, 1.54) is 0 Å². The second kappa shape index (κ2) is 7.16. The lowest BCUT2D eigenvalue weighted by molar-refractivity contribution is 0.273. The highest BCUT2D eigenvalue weighted by atomic mass is 16.5. The summed E-state index contributed by atoms with van der Waals surface area (Å²) in [5.74, 6) is 2.15. The molecule has 0 unspecified atom stereocenters. The van der Waals surface area contributed by atoms with E-state index in [9.17, 15) is 0 Å². The Bertz CT molecular complexity index is 368. The Kier molecular flexibility index (Phi) is 5.85.